The van der Waals surface area contributed by atoms with E-state index in [-0.39, 0.29) is 5.91 Å². The Hall–Kier alpha value is -2.97. The van der Waals surface area contributed by atoms with Crippen molar-refractivity contribution < 1.29 is 9.53 Å². The lowest BCUT2D eigenvalue weighted by atomic mass is 10.1. The topological polar surface area (TPSA) is 69.0 Å². The number of hydrogen-bond acceptors (Lipinski definition) is 6. The van der Waals surface area contributed by atoms with Gasteiger partial charge in [0.25, 0.3) is 5.91 Å². The van der Waals surface area contributed by atoms with Gasteiger partial charge in [-0.15, -0.1) is 22.7 Å². The van der Waals surface area contributed by atoms with Crippen molar-refractivity contribution in [2.45, 2.75) is 33.9 Å². The van der Waals surface area contributed by atoms with Crippen LogP contribution in [0.1, 0.15) is 33.3 Å². The minimum atomic E-state index is -0.164. The molecule has 1 N–H and O–H groups in total. The highest BCUT2D eigenvalue weighted by Crippen LogP contribution is 2.26. The van der Waals surface area contributed by atoms with Crippen molar-refractivity contribution in [3.63, 3.8) is 0 Å². The average molecular weight is 439 g/mol. The molecule has 0 radical (unpaired) electrons. The van der Waals surface area contributed by atoms with Crippen molar-refractivity contribution in [1.29, 1.82) is 0 Å². The van der Waals surface area contributed by atoms with E-state index in [2.05, 4.69) is 28.4 Å². The third kappa shape index (κ3) is 4.44. The molecule has 0 bridgehead atoms. The Morgan fingerprint density at radius 1 is 1.23 bits per heavy atom. The molecule has 0 saturated heterocycles. The summed E-state index contributed by atoms with van der Waals surface area (Å²) in [4.78, 5) is 17.7. The van der Waals surface area contributed by atoms with Crippen molar-refractivity contribution >= 4 is 33.7 Å². The van der Waals surface area contributed by atoms with E-state index in [1.807, 2.05) is 53.7 Å². The van der Waals surface area contributed by atoms with E-state index in [1.165, 1.54) is 28.2 Å². The van der Waals surface area contributed by atoms with E-state index in [0.29, 0.717) is 16.6 Å². The zero-order chi connectivity index (χ0) is 21.1. The summed E-state index contributed by atoms with van der Waals surface area (Å²) in [6.45, 7) is 7.38. The second kappa shape index (κ2) is 8.81. The third-order valence-corrected chi connectivity index (χ3v) is 6.54. The number of hydrogen-bond donors (Lipinski definition) is 1. The fourth-order valence-corrected chi connectivity index (χ4v) is 4.41. The summed E-state index contributed by atoms with van der Waals surface area (Å²) >= 11 is 2.80. The molecule has 0 saturated carbocycles. The highest BCUT2D eigenvalue weighted by molar-refractivity contribution is 7.14. The molecule has 4 aromatic rings. The number of carbonyl (C=O) groups is 1. The molecule has 0 atom stereocenters. The first kappa shape index (κ1) is 20.3. The summed E-state index contributed by atoms with van der Waals surface area (Å²) in [6, 6.07) is 7.88. The van der Waals surface area contributed by atoms with Gasteiger partial charge in [0.2, 0.25) is 0 Å². The molecular formula is C22H22N4O2S2. The molecule has 6 nitrogen and oxygen atoms in total. The first-order valence-electron chi connectivity index (χ1n) is 9.59. The van der Waals surface area contributed by atoms with Gasteiger partial charge in [-0.3, -0.25) is 14.8 Å². The summed E-state index contributed by atoms with van der Waals surface area (Å²) in [5.74, 6) is 0.706. The van der Waals surface area contributed by atoms with Crippen molar-refractivity contribution in [3.05, 3.63) is 69.0 Å². The zero-order valence-electron chi connectivity index (χ0n) is 17.0. The van der Waals surface area contributed by atoms with Gasteiger partial charge in [-0.25, -0.2) is 4.98 Å². The van der Waals surface area contributed by atoms with E-state index in [9.17, 15) is 4.79 Å². The maximum atomic E-state index is 12.6. The minimum absolute atomic E-state index is 0.164. The molecule has 3 heterocycles. The summed E-state index contributed by atoms with van der Waals surface area (Å²) < 4.78 is 7.78. The highest BCUT2D eigenvalue weighted by atomic mass is 32.1. The summed E-state index contributed by atoms with van der Waals surface area (Å²) in [5, 5.41) is 11.6. The van der Waals surface area contributed by atoms with Crippen LogP contribution < -0.4 is 10.1 Å². The van der Waals surface area contributed by atoms with Gasteiger partial charge in [0, 0.05) is 29.2 Å². The van der Waals surface area contributed by atoms with Crippen LogP contribution in [0, 0.1) is 13.8 Å². The van der Waals surface area contributed by atoms with Crippen LogP contribution in [0.3, 0.4) is 0 Å². The number of ether oxygens (including phenoxy) is 1. The molecule has 154 valence electrons. The number of nitrogens with one attached hydrogen (secondary N) is 1. The van der Waals surface area contributed by atoms with Crippen LogP contribution in [-0.4, -0.2) is 20.7 Å². The summed E-state index contributed by atoms with van der Waals surface area (Å²) in [5.41, 5.74) is 5.05. The van der Waals surface area contributed by atoms with Gasteiger partial charge < -0.3 is 4.74 Å². The van der Waals surface area contributed by atoms with Crippen molar-refractivity contribution in [1.82, 2.24) is 14.8 Å². The predicted octanol–water partition coefficient (Wildman–Crippen LogP) is 5.54. The number of anilines is 1. The maximum absolute atomic E-state index is 12.6. The van der Waals surface area contributed by atoms with Gasteiger partial charge in [0.05, 0.1) is 16.8 Å². The van der Waals surface area contributed by atoms with Crippen LogP contribution in [0.25, 0.3) is 11.3 Å². The number of benzene rings is 1. The van der Waals surface area contributed by atoms with Crippen molar-refractivity contribution in [2.75, 3.05) is 5.32 Å². The highest BCUT2D eigenvalue weighted by Gasteiger charge is 2.13. The first-order chi connectivity index (χ1) is 14.5. The molecule has 1 aromatic carbocycles. The smallest absolute Gasteiger partial charge is 0.267 e. The van der Waals surface area contributed by atoms with Gasteiger partial charge >= 0.3 is 0 Å². The largest absolute Gasteiger partial charge is 0.489 e. The van der Waals surface area contributed by atoms with Gasteiger partial charge in [-0.05, 0) is 49.4 Å². The van der Waals surface area contributed by atoms with Crippen LogP contribution in [-0.2, 0) is 13.2 Å². The molecule has 0 spiro atoms. The number of aromatic nitrogens is 3. The quantitative estimate of drug-likeness (QED) is 0.411. The Morgan fingerprint density at radius 3 is 2.90 bits per heavy atom. The fourth-order valence-electron chi connectivity index (χ4n) is 2.90. The van der Waals surface area contributed by atoms with Crippen molar-refractivity contribution in [3.8, 4) is 17.0 Å². The number of amides is 1. The molecule has 0 unspecified atom stereocenters. The molecule has 3 aromatic heterocycles. The lowest BCUT2D eigenvalue weighted by molar-refractivity contribution is 0.103. The van der Waals surface area contributed by atoms with E-state index in [4.69, 9.17) is 4.74 Å². The van der Waals surface area contributed by atoms with Gasteiger partial charge in [-0.2, -0.15) is 5.10 Å². The predicted molar refractivity (Wildman–Crippen MR) is 122 cm³/mol. The average Bonchev–Trinajstić information content (AvgIpc) is 3.49. The Kier molecular flexibility index (Phi) is 5.96. The van der Waals surface area contributed by atoms with E-state index in [0.717, 1.165) is 34.7 Å². The van der Waals surface area contributed by atoms with Gasteiger partial charge in [0.1, 0.15) is 12.4 Å². The molecule has 8 heteroatoms. The summed E-state index contributed by atoms with van der Waals surface area (Å²) in [6.07, 6.45) is 3.73. The Labute approximate surface area is 183 Å². The molecule has 0 aliphatic rings. The van der Waals surface area contributed by atoms with Gasteiger partial charge in [-0.1, -0.05) is 12.1 Å². The molecule has 30 heavy (non-hydrogen) atoms. The van der Waals surface area contributed by atoms with Crippen LogP contribution >= 0.6 is 22.7 Å². The minimum Gasteiger partial charge on any atom is -0.489 e. The third-order valence-electron chi connectivity index (χ3n) is 4.80. The maximum Gasteiger partial charge on any atom is 0.267 e. The number of nitrogens with zero attached hydrogens (tertiary/aromatic N) is 3. The molecule has 1 amide bonds. The van der Waals surface area contributed by atoms with Crippen LogP contribution in [0.15, 0.2) is 47.4 Å². The van der Waals surface area contributed by atoms with E-state index >= 15 is 0 Å². The number of thiazole rings is 1. The van der Waals surface area contributed by atoms with Crippen LogP contribution in [0.4, 0.5) is 5.13 Å². The summed E-state index contributed by atoms with van der Waals surface area (Å²) in [7, 11) is 0. The van der Waals surface area contributed by atoms with Crippen LogP contribution in [0.5, 0.6) is 5.75 Å². The first-order valence-corrected chi connectivity index (χ1v) is 11.4. The number of thiophene rings is 1. The Bertz CT molecular complexity index is 1180. The monoisotopic (exact) mass is 438 g/mol. The Balaban J connectivity index is 1.38. The zero-order valence-corrected chi connectivity index (χ0v) is 18.6. The second-order valence-electron chi connectivity index (χ2n) is 6.88. The number of rotatable bonds is 7. The standard InChI is InChI=1S/C22H22N4O2S2/c1-4-26-10-17(9-23-26)18-13-30-22(24-18)25-21(27)20-8-16(12-29-20)11-28-19-7-5-6-14(2)15(19)3/h5-10,12-13H,4,11H2,1-3H3,(H,24,25,27). The molecule has 0 aliphatic heterocycles. The second-order valence-corrected chi connectivity index (χ2v) is 8.65. The van der Waals surface area contributed by atoms with E-state index in [1.54, 1.807) is 6.20 Å². The normalized spacial score (nSPS) is 10.9. The van der Waals surface area contributed by atoms with Gasteiger partial charge in [0.15, 0.2) is 5.13 Å². The molecular weight excluding hydrogens is 416 g/mol. The SMILES string of the molecule is CCn1cc(-c2csc(NC(=O)c3cc(COc4cccc(C)c4C)cs3)n2)cn1. The molecule has 4 rings (SSSR count). The Morgan fingerprint density at radius 2 is 2.10 bits per heavy atom. The van der Waals surface area contributed by atoms with Crippen LogP contribution in [0.2, 0.25) is 0 Å². The molecule has 0 aliphatic carbocycles. The number of carbonyl (C=O) groups excluding carboxylic acids is 1. The lowest BCUT2D eigenvalue weighted by Gasteiger charge is -2.09. The number of aryl methyl sites for hydroxylation is 2. The van der Waals surface area contributed by atoms with E-state index < -0.39 is 0 Å². The lowest BCUT2D eigenvalue weighted by Crippen LogP contribution is -2.09. The molecule has 0 fully saturated rings. The van der Waals surface area contributed by atoms with Crippen molar-refractivity contribution in [2.24, 2.45) is 0 Å². The fraction of sp³-hybridized carbons (Fsp3) is 0.227.